The summed E-state index contributed by atoms with van der Waals surface area (Å²) >= 11 is 4.10. The fraction of sp³-hybridized carbons (Fsp3) is 0.400. The third-order valence-corrected chi connectivity index (χ3v) is 1.77. The van der Waals surface area contributed by atoms with Crippen molar-refractivity contribution < 1.29 is 9.13 Å². The molecule has 0 amide bonds. The molecular formula is C10H13FOS. The van der Waals surface area contributed by atoms with Gasteiger partial charge in [0, 0.05) is 4.90 Å². The molecule has 0 atom stereocenters. The van der Waals surface area contributed by atoms with Gasteiger partial charge in [0.2, 0.25) is 0 Å². The third-order valence-electron chi connectivity index (χ3n) is 1.49. The van der Waals surface area contributed by atoms with E-state index in [9.17, 15) is 4.39 Å². The lowest BCUT2D eigenvalue weighted by Gasteiger charge is -2.09. The van der Waals surface area contributed by atoms with E-state index in [0.717, 1.165) is 0 Å². The van der Waals surface area contributed by atoms with Crippen molar-refractivity contribution in [1.29, 1.82) is 0 Å². The van der Waals surface area contributed by atoms with E-state index >= 15 is 0 Å². The minimum atomic E-state index is -0.335. The molecule has 72 valence electrons. The molecule has 0 saturated heterocycles. The van der Waals surface area contributed by atoms with E-state index in [0.29, 0.717) is 17.4 Å². The number of halogens is 1. The lowest BCUT2D eigenvalue weighted by atomic mass is 10.2. The highest BCUT2D eigenvalue weighted by atomic mass is 32.1. The van der Waals surface area contributed by atoms with Crippen LogP contribution in [0.25, 0.3) is 0 Å². The van der Waals surface area contributed by atoms with Gasteiger partial charge >= 0.3 is 0 Å². The van der Waals surface area contributed by atoms with Crippen molar-refractivity contribution in [3.63, 3.8) is 0 Å². The number of benzene rings is 1. The van der Waals surface area contributed by atoms with Crippen molar-refractivity contribution in [3.05, 3.63) is 24.0 Å². The molecule has 1 aromatic carbocycles. The summed E-state index contributed by atoms with van der Waals surface area (Å²) in [4.78, 5) is 0.708. The van der Waals surface area contributed by atoms with Gasteiger partial charge in [-0.15, -0.1) is 12.6 Å². The van der Waals surface area contributed by atoms with E-state index in [1.165, 1.54) is 6.07 Å². The van der Waals surface area contributed by atoms with Crippen LogP contribution in [0.15, 0.2) is 23.1 Å². The quantitative estimate of drug-likeness (QED) is 0.737. The minimum Gasteiger partial charge on any atom is -0.490 e. The second kappa shape index (κ2) is 4.51. The Kier molecular flexibility index (Phi) is 3.60. The molecule has 0 aromatic heterocycles. The first-order chi connectivity index (χ1) is 6.09. The SMILES string of the molecule is CC(C)COc1cc(S)ccc1F. The molecule has 0 aliphatic carbocycles. The van der Waals surface area contributed by atoms with Crippen LogP contribution in [0.5, 0.6) is 5.75 Å². The Morgan fingerprint density at radius 1 is 1.46 bits per heavy atom. The van der Waals surface area contributed by atoms with Crippen LogP contribution in [0.2, 0.25) is 0 Å². The Bertz CT molecular complexity index is 286. The zero-order chi connectivity index (χ0) is 9.84. The van der Waals surface area contributed by atoms with Gasteiger partial charge in [-0.3, -0.25) is 0 Å². The Labute approximate surface area is 83.3 Å². The topological polar surface area (TPSA) is 9.23 Å². The molecule has 13 heavy (non-hydrogen) atoms. The molecule has 1 aromatic rings. The van der Waals surface area contributed by atoms with E-state index in [1.54, 1.807) is 12.1 Å². The maximum atomic E-state index is 13.1. The summed E-state index contributed by atoms with van der Waals surface area (Å²) in [6, 6.07) is 4.54. The number of rotatable bonds is 3. The number of thiol groups is 1. The summed E-state index contributed by atoms with van der Waals surface area (Å²) in [6.07, 6.45) is 0. The normalized spacial score (nSPS) is 10.5. The molecule has 0 bridgehead atoms. The van der Waals surface area contributed by atoms with Gasteiger partial charge in [-0.05, 0) is 24.1 Å². The summed E-state index contributed by atoms with van der Waals surface area (Å²) in [5.74, 6) is 0.336. The predicted molar refractivity (Wildman–Crippen MR) is 54.0 cm³/mol. The van der Waals surface area contributed by atoms with E-state index in [1.807, 2.05) is 13.8 Å². The fourth-order valence-electron chi connectivity index (χ4n) is 0.859. The van der Waals surface area contributed by atoms with Gasteiger partial charge in [-0.2, -0.15) is 0 Å². The smallest absolute Gasteiger partial charge is 0.165 e. The average Bonchev–Trinajstić information content (AvgIpc) is 2.06. The summed E-state index contributed by atoms with van der Waals surface area (Å²) in [7, 11) is 0. The number of hydrogen-bond donors (Lipinski definition) is 1. The lowest BCUT2D eigenvalue weighted by Crippen LogP contribution is -2.05. The van der Waals surface area contributed by atoms with E-state index < -0.39 is 0 Å². The van der Waals surface area contributed by atoms with Crippen LogP contribution < -0.4 is 4.74 Å². The first-order valence-electron chi connectivity index (χ1n) is 4.21. The van der Waals surface area contributed by atoms with Crippen molar-refractivity contribution >= 4 is 12.6 Å². The average molecular weight is 200 g/mol. The molecule has 0 N–H and O–H groups in total. The lowest BCUT2D eigenvalue weighted by molar-refractivity contribution is 0.258. The zero-order valence-electron chi connectivity index (χ0n) is 7.75. The van der Waals surface area contributed by atoms with Crippen LogP contribution in [0.1, 0.15) is 13.8 Å². The molecule has 1 rings (SSSR count). The van der Waals surface area contributed by atoms with E-state index in [4.69, 9.17) is 4.74 Å². The third kappa shape index (κ3) is 3.27. The molecule has 0 aliphatic heterocycles. The van der Waals surface area contributed by atoms with E-state index in [-0.39, 0.29) is 11.6 Å². The van der Waals surface area contributed by atoms with Crippen LogP contribution in [0.4, 0.5) is 4.39 Å². The summed E-state index contributed by atoms with van der Waals surface area (Å²) in [6.45, 7) is 4.55. The van der Waals surface area contributed by atoms with E-state index in [2.05, 4.69) is 12.6 Å². The first kappa shape index (κ1) is 10.4. The van der Waals surface area contributed by atoms with Gasteiger partial charge in [0.15, 0.2) is 11.6 Å². The molecule has 0 fully saturated rings. The van der Waals surface area contributed by atoms with Crippen LogP contribution in [0.3, 0.4) is 0 Å². The van der Waals surface area contributed by atoms with Crippen molar-refractivity contribution in [1.82, 2.24) is 0 Å². The van der Waals surface area contributed by atoms with Gasteiger partial charge in [0.1, 0.15) is 0 Å². The Hall–Kier alpha value is -0.700. The van der Waals surface area contributed by atoms with Crippen molar-refractivity contribution in [2.75, 3.05) is 6.61 Å². The second-order valence-electron chi connectivity index (χ2n) is 3.32. The standard InChI is InChI=1S/C10H13FOS/c1-7(2)6-12-10-5-8(13)3-4-9(10)11/h3-5,7,13H,6H2,1-2H3. The highest BCUT2D eigenvalue weighted by Crippen LogP contribution is 2.21. The Morgan fingerprint density at radius 3 is 2.77 bits per heavy atom. The fourth-order valence-corrected chi connectivity index (χ4v) is 1.05. The maximum absolute atomic E-state index is 13.1. The molecule has 0 radical (unpaired) electrons. The molecule has 0 unspecified atom stereocenters. The molecule has 1 nitrogen and oxygen atoms in total. The van der Waals surface area contributed by atoms with Crippen molar-refractivity contribution in [2.45, 2.75) is 18.7 Å². The molecule has 0 heterocycles. The monoisotopic (exact) mass is 200 g/mol. The molecule has 3 heteroatoms. The van der Waals surface area contributed by atoms with Crippen LogP contribution in [0, 0.1) is 11.7 Å². The van der Waals surface area contributed by atoms with Crippen molar-refractivity contribution in [3.8, 4) is 5.75 Å². The van der Waals surface area contributed by atoms with Gasteiger partial charge < -0.3 is 4.74 Å². The Balaban J connectivity index is 2.70. The molecule has 0 spiro atoms. The van der Waals surface area contributed by atoms with Crippen LogP contribution >= 0.6 is 12.6 Å². The van der Waals surface area contributed by atoms with Gasteiger partial charge in [0.05, 0.1) is 6.61 Å². The first-order valence-corrected chi connectivity index (χ1v) is 4.65. The number of hydrogen-bond acceptors (Lipinski definition) is 2. The second-order valence-corrected chi connectivity index (χ2v) is 3.84. The minimum absolute atomic E-state index is 0.279. The molecule has 0 aliphatic rings. The maximum Gasteiger partial charge on any atom is 0.165 e. The summed E-state index contributed by atoms with van der Waals surface area (Å²) < 4.78 is 18.3. The summed E-state index contributed by atoms with van der Waals surface area (Å²) in [5, 5.41) is 0. The number of ether oxygens (including phenoxy) is 1. The molecular weight excluding hydrogens is 187 g/mol. The Morgan fingerprint density at radius 2 is 2.15 bits per heavy atom. The highest BCUT2D eigenvalue weighted by molar-refractivity contribution is 7.80. The van der Waals surface area contributed by atoms with Gasteiger partial charge in [-0.1, -0.05) is 13.8 Å². The van der Waals surface area contributed by atoms with Crippen LogP contribution in [-0.4, -0.2) is 6.61 Å². The van der Waals surface area contributed by atoms with Gasteiger partial charge in [0.25, 0.3) is 0 Å². The van der Waals surface area contributed by atoms with Crippen LogP contribution in [-0.2, 0) is 0 Å². The van der Waals surface area contributed by atoms with Crippen molar-refractivity contribution in [2.24, 2.45) is 5.92 Å². The highest BCUT2D eigenvalue weighted by Gasteiger charge is 2.04. The zero-order valence-corrected chi connectivity index (χ0v) is 8.64. The molecule has 0 saturated carbocycles. The van der Waals surface area contributed by atoms with Gasteiger partial charge in [-0.25, -0.2) is 4.39 Å². The summed E-state index contributed by atoms with van der Waals surface area (Å²) in [5.41, 5.74) is 0. The predicted octanol–water partition coefficient (Wildman–Crippen LogP) is 3.15. The largest absolute Gasteiger partial charge is 0.490 e.